The van der Waals surface area contributed by atoms with E-state index in [4.69, 9.17) is 9.47 Å². The van der Waals surface area contributed by atoms with Gasteiger partial charge in [-0.25, -0.2) is 0 Å². The normalized spacial score (nSPS) is 14.2. The Morgan fingerprint density at radius 1 is 1.03 bits per heavy atom. The molecule has 0 aromatic heterocycles. The molecule has 0 atom stereocenters. The molecule has 4 rings (SSSR count). The number of nitro groups is 1. The maximum atomic E-state index is 13.0. The van der Waals surface area contributed by atoms with Crippen molar-refractivity contribution in [3.05, 3.63) is 94.0 Å². The number of carbonyl (C=O) groups is 1. The Morgan fingerprint density at radius 3 is 2.42 bits per heavy atom. The first-order valence-corrected chi connectivity index (χ1v) is 11.0. The maximum absolute atomic E-state index is 13.0. The molecule has 3 aromatic rings. The lowest BCUT2D eigenvalue weighted by atomic mass is 9.97. The van der Waals surface area contributed by atoms with Crippen molar-refractivity contribution in [3.8, 4) is 11.5 Å². The average Bonchev–Trinajstić information content (AvgIpc) is 2.85. The van der Waals surface area contributed by atoms with Crippen molar-refractivity contribution in [1.29, 1.82) is 0 Å². The van der Waals surface area contributed by atoms with Crippen LogP contribution in [0.5, 0.6) is 11.5 Å². The van der Waals surface area contributed by atoms with Gasteiger partial charge in [0.1, 0.15) is 17.2 Å². The number of benzene rings is 3. The van der Waals surface area contributed by atoms with E-state index in [-0.39, 0.29) is 16.4 Å². The molecule has 0 radical (unpaired) electrons. The lowest BCUT2D eigenvalue weighted by Crippen LogP contribution is -2.35. The van der Waals surface area contributed by atoms with Crippen LogP contribution in [0.1, 0.15) is 28.8 Å². The largest absolute Gasteiger partial charge is 0.457 e. The Bertz CT molecular complexity index is 1120. The Morgan fingerprint density at radius 2 is 1.73 bits per heavy atom. The SMILES string of the molecule is COCC1CCN(c2cc(Oc3ccccc3C(=O)c3ccccc3)ccc2[N+](=O)[O-])CC1. The zero-order chi connectivity index (χ0) is 23.2. The van der Waals surface area contributed by atoms with Crippen molar-refractivity contribution < 1.29 is 19.2 Å². The summed E-state index contributed by atoms with van der Waals surface area (Å²) in [5.74, 6) is 1.17. The van der Waals surface area contributed by atoms with Crippen LogP contribution in [0.25, 0.3) is 0 Å². The van der Waals surface area contributed by atoms with Gasteiger partial charge in [0.25, 0.3) is 5.69 Å². The Labute approximate surface area is 192 Å². The summed E-state index contributed by atoms with van der Waals surface area (Å²) in [7, 11) is 1.69. The zero-order valence-corrected chi connectivity index (χ0v) is 18.5. The molecule has 1 heterocycles. The molecule has 0 saturated carbocycles. The van der Waals surface area contributed by atoms with Gasteiger partial charge in [0.2, 0.25) is 0 Å². The quantitative estimate of drug-likeness (QED) is 0.259. The van der Waals surface area contributed by atoms with Gasteiger partial charge in [0.15, 0.2) is 5.78 Å². The van der Waals surface area contributed by atoms with Crippen LogP contribution in [-0.2, 0) is 4.74 Å². The molecular formula is C26H26N2O5. The summed E-state index contributed by atoms with van der Waals surface area (Å²) in [4.78, 5) is 26.3. The van der Waals surface area contributed by atoms with Crippen molar-refractivity contribution in [2.24, 2.45) is 5.92 Å². The Balaban J connectivity index is 1.61. The van der Waals surface area contributed by atoms with E-state index in [0.717, 1.165) is 12.8 Å². The van der Waals surface area contributed by atoms with Crippen LogP contribution in [-0.4, -0.2) is 37.5 Å². The van der Waals surface area contributed by atoms with Crippen LogP contribution in [0.3, 0.4) is 0 Å². The highest BCUT2D eigenvalue weighted by atomic mass is 16.6. The predicted molar refractivity (Wildman–Crippen MR) is 126 cm³/mol. The summed E-state index contributed by atoms with van der Waals surface area (Å²) in [6.07, 6.45) is 1.81. The molecule has 1 aliphatic rings. The van der Waals surface area contributed by atoms with Gasteiger partial charge in [0, 0.05) is 44.5 Å². The number of para-hydroxylation sites is 1. The van der Waals surface area contributed by atoms with Crippen LogP contribution in [0.15, 0.2) is 72.8 Å². The number of ether oxygens (including phenoxy) is 2. The van der Waals surface area contributed by atoms with E-state index in [1.165, 1.54) is 6.07 Å². The lowest BCUT2D eigenvalue weighted by molar-refractivity contribution is -0.384. The number of rotatable bonds is 8. The number of nitro benzene ring substituents is 1. The topological polar surface area (TPSA) is 81.9 Å². The van der Waals surface area contributed by atoms with Crippen molar-refractivity contribution in [2.75, 3.05) is 31.7 Å². The second-order valence-corrected chi connectivity index (χ2v) is 8.09. The first kappa shape index (κ1) is 22.5. The van der Waals surface area contributed by atoms with Crippen LogP contribution in [0, 0.1) is 16.0 Å². The first-order valence-electron chi connectivity index (χ1n) is 11.0. The zero-order valence-electron chi connectivity index (χ0n) is 18.5. The molecule has 0 amide bonds. The summed E-state index contributed by atoms with van der Waals surface area (Å²) in [6, 6.07) is 20.8. The Hall–Kier alpha value is -3.71. The molecule has 1 fully saturated rings. The van der Waals surface area contributed by atoms with Gasteiger partial charge < -0.3 is 14.4 Å². The summed E-state index contributed by atoms with van der Waals surface area (Å²) < 4.78 is 11.3. The number of carbonyl (C=O) groups excluding carboxylic acids is 1. The second-order valence-electron chi connectivity index (χ2n) is 8.09. The molecule has 33 heavy (non-hydrogen) atoms. The third-order valence-corrected chi connectivity index (χ3v) is 5.90. The number of hydrogen-bond acceptors (Lipinski definition) is 6. The minimum absolute atomic E-state index is 0.0428. The fraction of sp³-hybridized carbons (Fsp3) is 0.269. The molecule has 170 valence electrons. The van der Waals surface area contributed by atoms with E-state index < -0.39 is 0 Å². The van der Waals surface area contributed by atoms with Gasteiger partial charge in [0.05, 0.1) is 10.5 Å². The molecule has 3 aromatic carbocycles. The third kappa shape index (κ3) is 5.21. The molecule has 0 unspecified atom stereocenters. The highest BCUT2D eigenvalue weighted by Crippen LogP contribution is 2.37. The van der Waals surface area contributed by atoms with Crippen molar-refractivity contribution in [2.45, 2.75) is 12.8 Å². The summed E-state index contributed by atoms with van der Waals surface area (Å²) in [5.41, 5.74) is 1.57. The number of ketones is 1. The van der Waals surface area contributed by atoms with Crippen LogP contribution >= 0.6 is 0 Å². The minimum atomic E-state index is -0.368. The van der Waals surface area contributed by atoms with Gasteiger partial charge in [-0.2, -0.15) is 0 Å². The number of anilines is 1. The number of methoxy groups -OCH3 is 1. The third-order valence-electron chi connectivity index (χ3n) is 5.90. The highest BCUT2D eigenvalue weighted by Gasteiger charge is 2.26. The highest BCUT2D eigenvalue weighted by molar-refractivity contribution is 6.10. The van der Waals surface area contributed by atoms with Gasteiger partial charge in [-0.15, -0.1) is 0 Å². The fourth-order valence-corrected chi connectivity index (χ4v) is 4.17. The number of hydrogen-bond donors (Lipinski definition) is 0. The van der Waals surface area contributed by atoms with E-state index in [0.29, 0.717) is 53.9 Å². The van der Waals surface area contributed by atoms with E-state index in [1.54, 1.807) is 55.6 Å². The smallest absolute Gasteiger partial charge is 0.292 e. The first-order chi connectivity index (χ1) is 16.1. The minimum Gasteiger partial charge on any atom is -0.457 e. The molecule has 7 heteroatoms. The van der Waals surface area contributed by atoms with Crippen LogP contribution < -0.4 is 9.64 Å². The van der Waals surface area contributed by atoms with E-state index in [2.05, 4.69) is 0 Å². The van der Waals surface area contributed by atoms with Gasteiger partial charge >= 0.3 is 0 Å². The van der Waals surface area contributed by atoms with Gasteiger partial charge in [-0.3, -0.25) is 14.9 Å². The maximum Gasteiger partial charge on any atom is 0.292 e. The molecule has 1 aliphatic heterocycles. The second kappa shape index (κ2) is 10.3. The summed E-state index contributed by atoms with van der Waals surface area (Å²) in [6.45, 7) is 2.12. The molecule has 0 aliphatic carbocycles. The summed E-state index contributed by atoms with van der Waals surface area (Å²) in [5, 5.41) is 11.7. The Kier molecular flexibility index (Phi) is 7.00. The average molecular weight is 447 g/mol. The van der Waals surface area contributed by atoms with Crippen molar-refractivity contribution in [1.82, 2.24) is 0 Å². The van der Waals surface area contributed by atoms with Crippen LogP contribution in [0.4, 0.5) is 11.4 Å². The van der Waals surface area contributed by atoms with Crippen molar-refractivity contribution >= 4 is 17.2 Å². The van der Waals surface area contributed by atoms with Gasteiger partial charge in [-0.05, 0) is 37.0 Å². The van der Waals surface area contributed by atoms with E-state index >= 15 is 0 Å². The predicted octanol–water partition coefficient (Wildman–Crippen LogP) is 5.48. The molecule has 0 bridgehead atoms. The number of nitrogens with zero attached hydrogens (tertiary/aromatic N) is 2. The van der Waals surface area contributed by atoms with E-state index in [1.807, 2.05) is 23.1 Å². The molecule has 0 spiro atoms. The van der Waals surface area contributed by atoms with Gasteiger partial charge in [-0.1, -0.05) is 42.5 Å². The van der Waals surface area contributed by atoms with E-state index in [9.17, 15) is 14.9 Å². The number of piperidine rings is 1. The molecule has 0 N–H and O–H groups in total. The summed E-state index contributed by atoms with van der Waals surface area (Å²) >= 11 is 0. The van der Waals surface area contributed by atoms with Crippen molar-refractivity contribution in [3.63, 3.8) is 0 Å². The molecule has 1 saturated heterocycles. The lowest BCUT2D eigenvalue weighted by Gasteiger charge is -2.33. The van der Waals surface area contributed by atoms with Crippen LogP contribution in [0.2, 0.25) is 0 Å². The monoisotopic (exact) mass is 446 g/mol. The molecule has 7 nitrogen and oxygen atoms in total. The molecular weight excluding hydrogens is 420 g/mol. The fourth-order valence-electron chi connectivity index (χ4n) is 4.17. The standard InChI is InChI=1S/C26H26N2O5/c1-32-18-19-13-15-27(16-14-19)24-17-21(11-12-23(24)28(30)31)33-25-10-6-5-9-22(25)26(29)20-7-3-2-4-8-20/h2-12,17,19H,13-16,18H2,1H3.